The summed E-state index contributed by atoms with van der Waals surface area (Å²) in [6.45, 7) is 4.04. The van der Waals surface area contributed by atoms with E-state index in [4.69, 9.17) is 4.74 Å². The molecule has 0 spiro atoms. The lowest BCUT2D eigenvalue weighted by Gasteiger charge is -2.17. The number of ether oxygens (including phenoxy) is 1. The molecule has 1 N–H and O–H groups in total. The molecule has 0 aliphatic carbocycles. The summed E-state index contributed by atoms with van der Waals surface area (Å²) in [5.74, 6) is 0.707. The topological polar surface area (TPSA) is 49.8 Å². The summed E-state index contributed by atoms with van der Waals surface area (Å²) in [7, 11) is 1.69. The van der Waals surface area contributed by atoms with Crippen molar-refractivity contribution < 1.29 is 14.6 Å². The first-order valence-corrected chi connectivity index (χ1v) is 6.19. The number of aryl methyl sites for hydroxylation is 1. The number of carbonyl (C=O) groups excluding carboxylic acids is 1. The molecule has 18 heavy (non-hydrogen) atoms. The van der Waals surface area contributed by atoms with E-state index in [1.165, 1.54) is 0 Å². The van der Waals surface area contributed by atoms with E-state index in [1.807, 2.05) is 4.90 Å². The molecule has 2 rings (SSSR count). The van der Waals surface area contributed by atoms with Gasteiger partial charge in [0.1, 0.15) is 5.75 Å². The van der Waals surface area contributed by atoms with Gasteiger partial charge >= 0.3 is 0 Å². The Kier molecular flexibility index (Phi) is 3.87. The minimum absolute atomic E-state index is 0.0386. The highest BCUT2D eigenvalue weighted by Crippen LogP contribution is 2.22. The molecule has 1 heterocycles. The second-order valence-electron chi connectivity index (χ2n) is 4.86. The fraction of sp³-hybridized carbons (Fsp3) is 0.500. The Morgan fingerprint density at radius 1 is 1.56 bits per heavy atom. The number of rotatable bonds is 3. The average molecular weight is 249 g/mol. The van der Waals surface area contributed by atoms with Gasteiger partial charge in [-0.25, -0.2) is 0 Å². The van der Waals surface area contributed by atoms with Gasteiger partial charge in [-0.05, 0) is 37.1 Å². The van der Waals surface area contributed by atoms with Crippen molar-refractivity contribution in [3.05, 3.63) is 29.3 Å². The molecule has 98 valence electrons. The van der Waals surface area contributed by atoms with Crippen LogP contribution >= 0.6 is 0 Å². The van der Waals surface area contributed by atoms with Gasteiger partial charge in [-0.1, -0.05) is 0 Å². The number of hydrogen-bond acceptors (Lipinski definition) is 3. The van der Waals surface area contributed by atoms with Crippen molar-refractivity contribution >= 4 is 5.91 Å². The fourth-order valence-corrected chi connectivity index (χ4v) is 2.36. The summed E-state index contributed by atoms with van der Waals surface area (Å²) in [4.78, 5) is 14.1. The molecule has 1 aliphatic heterocycles. The van der Waals surface area contributed by atoms with Crippen molar-refractivity contribution in [3.63, 3.8) is 0 Å². The van der Waals surface area contributed by atoms with E-state index in [2.05, 4.69) is 0 Å². The maximum Gasteiger partial charge on any atom is 0.253 e. The first-order chi connectivity index (χ1) is 8.61. The van der Waals surface area contributed by atoms with E-state index in [0.717, 1.165) is 25.1 Å². The van der Waals surface area contributed by atoms with Gasteiger partial charge in [0.15, 0.2) is 0 Å². The van der Waals surface area contributed by atoms with E-state index < -0.39 is 0 Å². The zero-order valence-electron chi connectivity index (χ0n) is 10.8. The third kappa shape index (κ3) is 2.64. The van der Waals surface area contributed by atoms with Crippen LogP contribution in [0, 0.1) is 12.8 Å². The lowest BCUT2D eigenvalue weighted by molar-refractivity contribution is 0.0775. The van der Waals surface area contributed by atoms with Gasteiger partial charge in [0.05, 0.1) is 6.61 Å². The molecule has 4 nitrogen and oxygen atoms in total. The van der Waals surface area contributed by atoms with Crippen LogP contribution in [0.1, 0.15) is 22.3 Å². The summed E-state index contributed by atoms with van der Waals surface area (Å²) < 4.78 is 5.12. The Hall–Kier alpha value is -1.55. The molecule has 1 fully saturated rings. The van der Waals surface area contributed by atoms with E-state index >= 15 is 0 Å². The molecule has 0 aromatic heterocycles. The lowest BCUT2D eigenvalue weighted by atomic mass is 10.1. The molecule has 1 saturated heterocycles. The number of benzene rings is 1. The number of nitrogens with zero attached hydrogens (tertiary/aromatic N) is 1. The van der Waals surface area contributed by atoms with Crippen molar-refractivity contribution in [1.29, 1.82) is 0 Å². The molecule has 1 aromatic rings. The van der Waals surface area contributed by atoms with Gasteiger partial charge in [-0.15, -0.1) is 0 Å². The molecule has 1 unspecified atom stereocenters. The van der Waals surface area contributed by atoms with Crippen LogP contribution < -0.4 is 0 Å². The van der Waals surface area contributed by atoms with Crippen LogP contribution in [-0.2, 0) is 4.74 Å². The molecule has 1 amide bonds. The standard InChI is InChI=1S/C14H19NO3/c1-10-7-12(3-4-13(10)16)14(17)15-6-5-11(8-15)9-18-2/h3-4,7,11,16H,5-6,8-9H2,1-2H3. The predicted molar refractivity (Wildman–Crippen MR) is 68.7 cm³/mol. The van der Waals surface area contributed by atoms with E-state index in [-0.39, 0.29) is 11.7 Å². The fourth-order valence-electron chi connectivity index (χ4n) is 2.36. The second-order valence-corrected chi connectivity index (χ2v) is 4.86. The van der Waals surface area contributed by atoms with Crippen molar-refractivity contribution in [2.75, 3.05) is 26.8 Å². The highest BCUT2D eigenvalue weighted by atomic mass is 16.5. The summed E-state index contributed by atoms with van der Waals surface area (Å²) >= 11 is 0. The number of likely N-dealkylation sites (tertiary alicyclic amines) is 1. The van der Waals surface area contributed by atoms with Crippen LogP contribution in [0.5, 0.6) is 5.75 Å². The zero-order valence-corrected chi connectivity index (χ0v) is 10.8. The number of aromatic hydroxyl groups is 1. The molecule has 1 aliphatic rings. The molecule has 0 radical (unpaired) electrons. The summed E-state index contributed by atoms with van der Waals surface area (Å²) in [5, 5.41) is 9.46. The molecule has 0 bridgehead atoms. The Morgan fingerprint density at radius 2 is 2.33 bits per heavy atom. The third-order valence-electron chi connectivity index (χ3n) is 3.42. The van der Waals surface area contributed by atoms with Gasteiger partial charge in [0, 0.05) is 31.7 Å². The first-order valence-electron chi connectivity index (χ1n) is 6.19. The minimum Gasteiger partial charge on any atom is -0.508 e. The number of phenols is 1. The highest BCUT2D eigenvalue weighted by molar-refractivity contribution is 5.94. The maximum atomic E-state index is 12.3. The summed E-state index contributed by atoms with van der Waals surface area (Å²) in [6, 6.07) is 4.99. The molecule has 1 aromatic carbocycles. The Labute approximate surface area is 107 Å². The quantitative estimate of drug-likeness (QED) is 0.888. The van der Waals surface area contributed by atoms with E-state index in [1.54, 1.807) is 32.2 Å². The number of methoxy groups -OCH3 is 1. The second kappa shape index (κ2) is 5.40. The largest absolute Gasteiger partial charge is 0.508 e. The van der Waals surface area contributed by atoms with Gasteiger partial charge in [-0.2, -0.15) is 0 Å². The zero-order chi connectivity index (χ0) is 13.1. The van der Waals surface area contributed by atoms with Crippen LogP contribution in [0.4, 0.5) is 0 Å². The third-order valence-corrected chi connectivity index (χ3v) is 3.42. The van der Waals surface area contributed by atoms with Crippen molar-refractivity contribution in [3.8, 4) is 5.75 Å². The molecule has 4 heteroatoms. The molecule has 1 atom stereocenters. The minimum atomic E-state index is 0.0386. The predicted octanol–water partition coefficient (Wildman–Crippen LogP) is 1.81. The average Bonchev–Trinajstić information content (AvgIpc) is 2.81. The smallest absolute Gasteiger partial charge is 0.253 e. The normalized spacial score (nSPS) is 19.2. The maximum absolute atomic E-state index is 12.3. The van der Waals surface area contributed by atoms with Gasteiger partial charge in [0.2, 0.25) is 0 Å². The van der Waals surface area contributed by atoms with Crippen LogP contribution in [0.3, 0.4) is 0 Å². The van der Waals surface area contributed by atoms with Crippen LogP contribution in [-0.4, -0.2) is 42.7 Å². The monoisotopic (exact) mass is 249 g/mol. The SMILES string of the molecule is COCC1CCN(C(=O)c2ccc(O)c(C)c2)C1. The van der Waals surface area contributed by atoms with E-state index in [0.29, 0.717) is 18.1 Å². The van der Waals surface area contributed by atoms with Crippen LogP contribution in [0.25, 0.3) is 0 Å². The Bertz CT molecular complexity index is 445. The molecule has 0 saturated carbocycles. The Balaban J connectivity index is 2.05. The van der Waals surface area contributed by atoms with Crippen LogP contribution in [0.2, 0.25) is 0 Å². The first kappa shape index (κ1) is 12.9. The number of phenolic OH excluding ortho intramolecular Hbond substituents is 1. The van der Waals surface area contributed by atoms with E-state index in [9.17, 15) is 9.90 Å². The molecular weight excluding hydrogens is 230 g/mol. The van der Waals surface area contributed by atoms with Crippen molar-refractivity contribution in [2.24, 2.45) is 5.92 Å². The summed E-state index contributed by atoms with van der Waals surface area (Å²) in [6.07, 6.45) is 0.997. The molecular formula is C14H19NO3. The summed E-state index contributed by atoms with van der Waals surface area (Å²) in [5.41, 5.74) is 1.37. The van der Waals surface area contributed by atoms with Crippen molar-refractivity contribution in [1.82, 2.24) is 4.90 Å². The number of amides is 1. The highest BCUT2D eigenvalue weighted by Gasteiger charge is 2.26. The van der Waals surface area contributed by atoms with Gasteiger partial charge < -0.3 is 14.7 Å². The number of carbonyl (C=O) groups is 1. The number of hydrogen-bond donors (Lipinski definition) is 1. The lowest BCUT2D eigenvalue weighted by Crippen LogP contribution is -2.29. The van der Waals surface area contributed by atoms with Gasteiger partial charge in [-0.3, -0.25) is 4.79 Å². The van der Waals surface area contributed by atoms with Gasteiger partial charge in [0.25, 0.3) is 5.91 Å². The van der Waals surface area contributed by atoms with Crippen molar-refractivity contribution in [2.45, 2.75) is 13.3 Å². The Morgan fingerprint density at radius 3 is 3.00 bits per heavy atom. The van der Waals surface area contributed by atoms with Crippen LogP contribution in [0.15, 0.2) is 18.2 Å².